The van der Waals surface area contributed by atoms with Gasteiger partial charge >= 0.3 is 5.97 Å². The molecular formula is C15H18N2O4. The van der Waals surface area contributed by atoms with E-state index in [9.17, 15) is 4.79 Å². The van der Waals surface area contributed by atoms with E-state index in [4.69, 9.17) is 14.2 Å². The van der Waals surface area contributed by atoms with Gasteiger partial charge in [-0.3, -0.25) is 4.68 Å². The van der Waals surface area contributed by atoms with E-state index in [2.05, 4.69) is 5.10 Å². The molecule has 1 aromatic carbocycles. The molecule has 2 rings (SSSR count). The highest BCUT2D eigenvalue weighted by Gasteiger charge is 2.17. The van der Waals surface area contributed by atoms with Crippen LogP contribution < -0.4 is 9.47 Å². The van der Waals surface area contributed by atoms with Crippen molar-refractivity contribution in [3.8, 4) is 11.5 Å². The number of esters is 1. The lowest BCUT2D eigenvalue weighted by Gasteiger charge is -2.09. The molecule has 0 saturated carbocycles. The summed E-state index contributed by atoms with van der Waals surface area (Å²) in [6.07, 6.45) is 1.49. The van der Waals surface area contributed by atoms with Crippen molar-refractivity contribution in [2.75, 3.05) is 13.7 Å². The van der Waals surface area contributed by atoms with Crippen LogP contribution in [0.4, 0.5) is 0 Å². The number of benzene rings is 1. The Morgan fingerprint density at radius 1 is 1.24 bits per heavy atom. The lowest BCUT2D eigenvalue weighted by molar-refractivity contribution is 0.0523. The molecule has 0 amide bonds. The lowest BCUT2D eigenvalue weighted by Crippen LogP contribution is -2.11. The Hall–Kier alpha value is -2.50. The summed E-state index contributed by atoms with van der Waals surface area (Å²) in [4.78, 5) is 11.8. The van der Waals surface area contributed by atoms with Crippen molar-refractivity contribution >= 4 is 5.97 Å². The monoisotopic (exact) mass is 290 g/mol. The van der Waals surface area contributed by atoms with E-state index >= 15 is 0 Å². The van der Waals surface area contributed by atoms with Crippen LogP contribution in [0.15, 0.2) is 30.5 Å². The first kappa shape index (κ1) is 14.9. The van der Waals surface area contributed by atoms with E-state index in [1.165, 1.54) is 6.20 Å². The minimum Gasteiger partial charge on any atom is -0.497 e. The van der Waals surface area contributed by atoms with Crippen LogP contribution in [0.3, 0.4) is 0 Å². The SMILES string of the molecule is CCOC(=O)c1cnn(C)c1COc1ccc(OC)cc1. The lowest BCUT2D eigenvalue weighted by atomic mass is 10.2. The van der Waals surface area contributed by atoms with Gasteiger partial charge in [-0.25, -0.2) is 4.79 Å². The van der Waals surface area contributed by atoms with E-state index in [1.54, 1.807) is 37.9 Å². The summed E-state index contributed by atoms with van der Waals surface area (Å²) in [5.41, 5.74) is 1.09. The third kappa shape index (κ3) is 3.53. The molecule has 0 bridgehead atoms. The second-order valence-corrected chi connectivity index (χ2v) is 4.31. The molecule has 0 N–H and O–H groups in total. The highest BCUT2D eigenvalue weighted by molar-refractivity contribution is 5.90. The van der Waals surface area contributed by atoms with Crippen LogP contribution in [0.2, 0.25) is 0 Å². The first-order chi connectivity index (χ1) is 10.2. The topological polar surface area (TPSA) is 62.6 Å². The van der Waals surface area contributed by atoms with E-state index in [1.807, 2.05) is 12.1 Å². The van der Waals surface area contributed by atoms with Gasteiger partial charge in [-0.05, 0) is 31.2 Å². The van der Waals surface area contributed by atoms with Crippen LogP contribution in [-0.2, 0) is 18.4 Å². The summed E-state index contributed by atoms with van der Waals surface area (Å²) in [5, 5.41) is 4.08. The van der Waals surface area contributed by atoms with Gasteiger partial charge in [0.2, 0.25) is 0 Å². The summed E-state index contributed by atoms with van der Waals surface area (Å²) >= 11 is 0. The molecule has 0 spiro atoms. The maximum absolute atomic E-state index is 11.8. The van der Waals surface area contributed by atoms with Gasteiger partial charge in [-0.1, -0.05) is 0 Å². The predicted molar refractivity (Wildman–Crippen MR) is 76.5 cm³/mol. The smallest absolute Gasteiger partial charge is 0.341 e. The Kier molecular flexibility index (Phi) is 4.81. The van der Waals surface area contributed by atoms with Gasteiger partial charge < -0.3 is 14.2 Å². The Labute approximate surface area is 123 Å². The molecule has 0 atom stereocenters. The average molecular weight is 290 g/mol. The molecular weight excluding hydrogens is 272 g/mol. The molecule has 0 fully saturated rings. The molecule has 6 heteroatoms. The summed E-state index contributed by atoms with van der Waals surface area (Å²) in [6, 6.07) is 7.23. The molecule has 1 aromatic heterocycles. The van der Waals surface area contributed by atoms with Crippen LogP contribution in [0, 0.1) is 0 Å². The molecule has 0 saturated heterocycles. The molecule has 0 aliphatic heterocycles. The van der Waals surface area contributed by atoms with Crippen LogP contribution in [0.5, 0.6) is 11.5 Å². The number of aryl methyl sites for hydroxylation is 1. The van der Waals surface area contributed by atoms with Crippen molar-refractivity contribution in [1.82, 2.24) is 9.78 Å². The predicted octanol–water partition coefficient (Wildman–Crippen LogP) is 2.18. The second kappa shape index (κ2) is 6.78. The van der Waals surface area contributed by atoms with E-state index < -0.39 is 0 Å². The molecule has 1 heterocycles. The number of nitrogens with zero attached hydrogens (tertiary/aromatic N) is 2. The van der Waals surface area contributed by atoms with Gasteiger partial charge in [0.1, 0.15) is 23.7 Å². The molecule has 21 heavy (non-hydrogen) atoms. The minimum absolute atomic E-state index is 0.233. The summed E-state index contributed by atoms with van der Waals surface area (Å²) < 4.78 is 17.4. The number of ether oxygens (including phenoxy) is 3. The number of carbonyl (C=O) groups is 1. The van der Waals surface area contributed by atoms with Crippen molar-refractivity contribution in [2.24, 2.45) is 7.05 Å². The Morgan fingerprint density at radius 2 is 1.90 bits per heavy atom. The molecule has 2 aromatic rings. The summed E-state index contributed by atoms with van der Waals surface area (Å²) in [7, 11) is 3.37. The number of carbonyl (C=O) groups excluding carboxylic acids is 1. The average Bonchev–Trinajstić information content (AvgIpc) is 2.87. The summed E-state index contributed by atoms with van der Waals surface area (Å²) in [5.74, 6) is 1.06. The number of rotatable bonds is 6. The zero-order chi connectivity index (χ0) is 15.2. The van der Waals surface area contributed by atoms with Gasteiger partial charge in [0.05, 0.1) is 25.6 Å². The van der Waals surface area contributed by atoms with Gasteiger partial charge in [0, 0.05) is 7.05 Å². The van der Waals surface area contributed by atoms with Gasteiger partial charge in [0.25, 0.3) is 0 Å². The Bertz CT molecular complexity index is 605. The zero-order valence-corrected chi connectivity index (χ0v) is 12.3. The number of hydrogen-bond acceptors (Lipinski definition) is 5. The minimum atomic E-state index is -0.390. The third-order valence-electron chi connectivity index (χ3n) is 2.99. The van der Waals surface area contributed by atoms with Crippen LogP contribution in [-0.4, -0.2) is 29.5 Å². The molecule has 0 unspecified atom stereocenters. The van der Waals surface area contributed by atoms with Crippen molar-refractivity contribution in [3.05, 3.63) is 41.7 Å². The van der Waals surface area contributed by atoms with Crippen molar-refractivity contribution < 1.29 is 19.0 Å². The largest absolute Gasteiger partial charge is 0.497 e. The standard InChI is InChI=1S/C15H18N2O4/c1-4-20-15(18)13-9-16-17(2)14(13)10-21-12-7-5-11(19-3)6-8-12/h5-9H,4,10H2,1-3H3. The maximum Gasteiger partial charge on any atom is 0.341 e. The molecule has 0 radical (unpaired) electrons. The first-order valence-electron chi connectivity index (χ1n) is 6.60. The van der Waals surface area contributed by atoms with E-state index in [0.29, 0.717) is 23.6 Å². The fourth-order valence-corrected chi connectivity index (χ4v) is 1.84. The zero-order valence-electron chi connectivity index (χ0n) is 12.3. The number of methoxy groups -OCH3 is 1. The van der Waals surface area contributed by atoms with Crippen molar-refractivity contribution in [1.29, 1.82) is 0 Å². The third-order valence-corrected chi connectivity index (χ3v) is 2.99. The fraction of sp³-hybridized carbons (Fsp3) is 0.333. The normalized spacial score (nSPS) is 10.2. The Balaban J connectivity index is 2.08. The quantitative estimate of drug-likeness (QED) is 0.763. The van der Waals surface area contributed by atoms with Gasteiger partial charge in [-0.15, -0.1) is 0 Å². The van der Waals surface area contributed by atoms with Gasteiger partial charge in [-0.2, -0.15) is 5.10 Å². The molecule has 0 aliphatic carbocycles. The number of aromatic nitrogens is 2. The van der Waals surface area contributed by atoms with E-state index in [0.717, 1.165) is 5.75 Å². The fourth-order valence-electron chi connectivity index (χ4n) is 1.84. The van der Waals surface area contributed by atoms with Crippen LogP contribution in [0.1, 0.15) is 23.0 Å². The molecule has 112 valence electrons. The second-order valence-electron chi connectivity index (χ2n) is 4.31. The van der Waals surface area contributed by atoms with Gasteiger partial charge in [0.15, 0.2) is 0 Å². The maximum atomic E-state index is 11.8. The number of hydrogen-bond donors (Lipinski definition) is 0. The van der Waals surface area contributed by atoms with Crippen LogP contribution in [0.25, 0.3) is 0 Å². The Morgan fingerprint density at radius 3 is 2.52 bits per heavy atom. The highest BCUT2D eigenvalue weighted by Crippen LogP contribution is 2.19. The highest BCUT2D eigenvalue weighted by atomic mass is 16.5. The first-order valence-corrected chi connectivity index (χ1v) is 6.60. The van der Waals surface area contributed by atoms with Crippen LogP contribution >= 0.6 is 0 Å². The summed E-state index contributed by atoms with van der Waals surface area (Å²) in [6.45, 7) is 2.32. The molecule has 6 nitrogen and oxygen atoms in total. The van der Waals surface area contributed by atoms with Crippen molar-refractivity contribution in [3.63, 3.8) is 0 Å². The van der Waals surface area contributed by atoms with Crippen molar-refractivity contribution in [2.45, 2.75) is 13.5 Å². The molecule has 0 aliphatic rings. The van der Waals surface area contributed by atoms with E-state index in [-0.39, 0.29) is 12.6 Å².